The Balaban J connectivity index is 0. The minimum absolute atomic E-state index is 0. The molecule has 0 spiro atoms. The van der Waals surface area contributed by atoms with Gasteiger partial charge >= 0.3 is 51.4 Å². The Morgan fingerprint density at radius 3 is 1.67 bits per heavy atom. The van der Waals surface area contributed by atoms with E-state index in [-0.39, 0.29) is 51.4 Å². The van der Waals surface area contributed by atoms with Crippen LogP contribution in [0, 0.1) is 0 Å². The van der Waals surface area contributed by atoms with Crippen LogP contribution in [0.5, 0.6) is 0 Å². The summed E-state index contributed by atoms with van der Waals surface area (Å²) < 4.78 is 3.05. The molecule has 0 amide bonds. The molecule has 5 heteroatoms. The van der Waals surface area contributed by atoms with Crippen molar-refractivity contribution in [3.05, 3.63) is 0 Å². The molecule has 0 aliphatic heterocycles. The molecule has 0 atom stereocenters. The molecule has 0 saturated carbocycles. The van der Waals surface area contributed by atoms with E-state index in [9.17, 15) is 0 Å². The van der Waals surface area contributed by atoms with Crippen molar-refractivity contribution in [1.29, 1.82) is 0 Å². The number of nitrogens with zero attached hydrogens (tertiary/aromatic N) is 1. The average molecular weight is 162 g/mol. The van der Waals surface area contributed by atoms with Crippen molar-refractivity contribution in [3.63, 3.8) is 0 Å². The van der Waals surface area contributed by atoms with Crippen LogP contribution in [0.25, 0.3) is 0 Å². The molecule has 0 radical (unpaired) electrons. The van der Waals surface area contributed by atoms with Gasteiger partial charge in [-0.25, -0.2) is 22.4 Å². The fourth-order valence-corrected chi connectivity index (χ4v) is 0. The molecule has 0 rings (SSSR count). The van der Waals surface area contributed by atoms with Gasteiger partial charge in [0.2, 0.25) is 0 Å². The first-order valence-corrected chi connectivity index (χ1v) is 3.81. The fraction of sp³-hybridized carbons (Fsp3) is 0. The van der Waals surface area contributed by atoms with Crippen molar-refractivity contribution in [2.24, 2.45) is 4.40 Å². The van der Waals surface area contributed by atoms with Crippen LogP contribution in [0.1, 0.15) is 0 Å². The molecule has 0 aliphatic rings. The molecular weight excluding hydrogens is 161 g/mol. The number of hydrogen-bond acceptors (Lipinski definition) is 3. The first kappa shape index (κ1) is 11.0. The van der Waals surface area contributed by atoms with Crippen LogP contribution in [0.4, 0.5) is 0 Å². The smallest absolute Gasteiger partial charge is 0.600 e. The van der Waals surface area contributed by atoms with Crippen LogP contribution in [0.2, 0.25) is 0 Å². The van der Waals surface area contributed by atoms with Crippen LogP contribution in [-0.2, 0) is 30.6 Å². The van der Waals surface area contributed by atoms with Crippen molar-refractivity contribution in [1.82, 2.24) is 0 Å². The summed E-state index contributed by atoms with van der Waals surface area (Å²) in [7, 11) is -0.753. The Morgan fingerprint density at radius 1 is 1.50 bits per heavy atom. The molecule has 0 N–H and O–H groups in total. The van der Waals surface area contributed by atoms with Gasteiger partial charge in [0, 0.05) is 0 Å². The van der Waals surface area contributed by atoms with Gasteiger partial charge in [-0.05, 0) is 0 Å². The van der Waals surface area contributed by atoms with Gasteiger partial charge in [0.1, 0.15) is 0 Å². The predicted molar refractivity (Wildman–Crippen MR) is 30.6 cm³/mol. The van der Waals surface area contributed by atoms with Crippen molar-refractivity contribution in [2.45, 2.75) is 0 Å². The van der Waals surface area contributed by atoms with Gasteiger partial charge in [-0.1, -0.05) is 0 Å². The van der Waals surface area contributed by atoms with Gasteiger partial charge < -0.3 is 11.1 Å². The average Bonchev–Trinajstić information content (AvgIpc) is 1.38. The summed E-state index contributed by atoms with van der Waals surface area (Å²) in [6.45, 7) is 4.60. The van der Waals surface area contributed by atoms with Crippen molar-refractivity contribution < 1.29 is 51.4 Å². The maximum atomic E-state index is 4.60. The third-order valence-corrected chi connectivity index (χ3v) is 0.775. The summed E-state index contributed by atoms with van der Waals surface area (Å²) in [6, 6.07) is 0. The van der Waals surface area contributed by atoms with E-state index < -0.39 is 8.20 Å². The SMILES string of the molecule is [CH-]=N[S-](=S)=S.[K+]. The molecule has 6 heavy (non-hydrogen) atoms. The molecule has 0 heterocycles. The monoisotopic (exact) mass is 162 g/mol. The van der Waals surface area contributed by atoms with Crippen LogP contribution >= 0.6 is 0 Å². The van der Waals surface area contributed by atoms with Crippen molar-refractivity contribution >= 4 is 37.3 Å². The van der Waals surface area contributed by atoms with Gasteiger partial charge in [0.05, 0.1) is 0 Å². The third kappa shape index (κ3) is 9.44. The summed E-state index contributed by atoms with van der Waals surface area (Å²) in [5.41, 5.74) is 0. The quantitative estimate of drug-likeness (QED) is 0.177. The molecule has 0 aromatic carbocycles. The minimum atomic E-state index is -0.753. The Labute approximate surface area is 91.0 Å². The van der Waals surface area contributed by atoms with E-state index in [1.54, 1.807) is 0 Å². The standard InChI is InChI=1S/CHNS3.K/c1-2-5(3)4;/h1H;/q-2;+1. The van der Waals surface area contributed by atoms with Gasteiger partial charge in [-0.2, -0.15) is 0 Å². The van der Waals surface area contributed by atoms with E-state index in [1.807, 2.05) is 0 Å². The molecule has 0 unspecified atom stereocenters. The molecular formula is CHKNS3-. The zero-order valence-electron chi connectivity index (χ0n) is 3.25. The Morgan fingerprint density at radius 2 is 1.67 bits per heavy atom. The first-order chi connectivity index (χ1) is 2.27. The molecule has 0 aliphatic carbocycles. The fourth-order valence-electron chi connectivity index (χ4n) is 0. The largest absolute Gasteiger partial charge is 1.00 e. The normalized spacial score (nSPS) is 6.83. The summed E-state index contributed by atoms with van der Waals surface area (Å²) in [6.07, 6.45) is 0. The summed E-state index contributed by atoms with van der Waals surface area (Å²) in [4.78, 5) is 0. The summed E-state index contributed by atoms with van der Waals surface area (Å²) >= 11 is 8.66. The number of rotatable bonds is 1. The summed E-state index contributed by atoms with van der Waals surface area (Å²) in [5, 5.41) is 0. The van der Waals surface area contributed by atoms with E-state index in [0.717, 1.165) is 0 Å². The second-order valence-electron chi connectivity index (χ2n) is 0.323. The Hall–Kier alpha value is 2.10. The van der Waals surface area contributed by atoms with Crippen LogP contribution < -0.4 is 51.4 Å². The van der Waals surface area contributed by atoms with Crippen molar-refractivity contribution in [2.75, 3.05) is 0 Å². The summed E-state index contributed by atoms with van der Waals surface area (Å²) in [5.74, 6) is 0. The number of hydrogen-bond donors (Lipinski definition) is 0. The van der Waals surface area contributed by atoms with Gasteiger partial charge in [-0.15, -0.1) is 0 Å². The van der Waals surface area contributed by atoms with Gasteiger partial charge in [-0.3, -0.25) is 8.20 Å². The second-order valence-corrected chi connectivity index (χ2v) is 3.49. The maximum absolute atomic E-state index is 4.60. The van der Waals surface area contributed by atoms with E-state index >= 15 is 0 Å². The predicted octanol–water partition coefficient (Wildman–Crippen LogP) is -2.97. The Kier molecular flexibility index (Phi) is 13.0. The van der Waals surface area contributed by atoms with Crippen LogP contribution in [-0.4, -0.2) is 6.72 Å². The molecule has 1 nitrogen and oxygen atoms in total. The zero-order valence-corrected chi connectivity index (χ0v) is 8.82. The second kappa shape index (κ2) is 7.10. The molecule has 0 aromatic heterocycles. The molecule has 0 saturated heterocycles. The molecule has 0 fully saturated rings. The topological polar surface area (TPSA) is 12.4 Å². The third-order valence-electron chi connectivity index (χ3n) is 0.0861. The maximum Gasteiger partial charge on any atom is 1.00 e. The van der Waals surface area contributed by atoms with E-state index in [1.165, 1.54) is 0 Å². The molecule has 30 valence electrons. The zero-order chi connectivity index (χ0) is 4.28. The van der Waals surface area contributed by atoms with E-state index in [0.29, 0.717) is 0 Å². The van der Waals surface area contributed by atoms with Gasteiger partial charge in [0.15, 0.2) is 0 Å². The molecule has 0 bridgehead atoms. The van der Waals surface area contributed by atoms with Gasteiger partial charge in [0.25, 0.3) is 0 Å². The van der Waals surface area contributed by atoms with E-state index in [4.69, 9.17) is 0 Å². The van der Waals surface area contributed by atoms with E-state index in [2.05, 4.69) is 33.5 Å². The van der Waals surface area contributed by atoms with Crippen LogP contribution in [0.3, 0.4) is 0 Å². The van der Waals surface area contributed by atoms with Crippen LogP contribution in [0.15, 0.2) is 4.40 Å². The first-order valence-electron chi connectivity index (χ1n) is 0.774. The van der Waals surface area contributed by atoms with Crippen molar-refractivity contribution in [3.8, 4) is 0 Å². The Bertz CT molecular complexity index is 87.0. The minimum Gasteiger partial charge on any atom is -0.600 e. The molecule has 0 aromatic rings.